The zero-order valence-electron chi connectivity index (χ0n) is 6.12. The first-order valence-corrected chi connectivity index (χ1v) is 5.11. The van der Waals surface area contributed by atoms with E-state index in [1.165, 1.54) is 0 Å². The number of ether oxygens (including phenoxy) is 1. The van der Waals surface area contributed by atoms with Gasteiger partial charge in [-0.15, -0.1) is 0 Å². The Morgan fingerprint density at radius 2 is 2.18 bits per heavy atom. The maximum Gasteiger partial charge on any atom is 0.210 e. The maximum atomic E-state index is 10.4. The molecule has 66 valence electrons. The second-order valence-electron chi connectivity index (χ2n) is 2.56. The van der Waals surface area contributed by atoms with E-state index in [2.05, 4.69) is 5.32 Å². The van der Waals surface area contributed by atoms with Crippen molar-refractivity contribution in [1.29, 1.82) is 0 Å². The minimum Gasteiger partial charge on any atom is -0.378 e. The van der Waals surface area contributed by atoms with E-state index in [1.807, 2.05) is 0 Å². The van der Waals surface area contributed by atoms with E-state index in [9.17, 15) is 8.42 Å². The van der Waals surface area contributed by atoms with E-state index in [-0.39, 0.29) is 5.75 Å². The van der Waals surface area contributed by atoms with E-state index in [4.69, 9.17) is 9.88 Å². The van der Waals surface area contributed by atoms with Crippen molar-refractivity contribution in [1.82, 2.24) is 5.32 Å². The first kappa shape index (κ1) is 8.92. The molecule has 1 aliphatic heterocycles. The summed E-state index contributed by atoms with van der Waals surface area (Å²) in [5.74, 6) is -0.0104. The lowest BCUT2D eigenvalue weighted by Gasteiger charge is -2.26. The Morgan fingerprint density at radius 3 is 2.55 bits per heavy atom. The van der Waals surface area contributed by atoms with Crippen molar-refractivity contribution in [2.24, 2.45) is 5.14 Å². The lowest BCUT2D eigenvalue weighted by Crippen LogP contribution is -2.47. The fourth-order valence-electron chi connectivity index (χ4n) is 0.759. The van der Waals surface area contributed by atoms with Gasteiger partial charge in [0, 0.05) is 6.54 Å². The summed E-state index contributed by atoms with van der Waals surface area (Å²) in [7, 11) is -3.31. The fourth-order valence-corrected chi connectivity index (χ4v) is 1.16. The second kappa shape index (κ2) is 3.48. The van der Waals surface area contributed by atoms with Gasteiger partial charge < -0.3 is 10.1 Å². The number of sulfonamides is 1. The Kier molecular flexibility index (Phi) is 2.83. The summed E-state index contributed by atoms with van der Waals surface area (Å²) in [5, 5.41) is 7.77. The van der Waals surface area contributed by atoms with Gasteiger partial charge in [-0.05, 0) is 0 Å². The smallest absolute Gasteiger partial charge is 0.210 e. The van der Waals surface area contributed by atoms with Crippen molar-refractivity contribution in [2.45, 2.75) is 6.04 Å². The molecule has 0 aromatic rings. The van der Waals surface area contributed by atoms with E-state index >= 15 is 0 Å². The summed E-state index contributed by atoms with van der Waals surface area (Å²) < 4.78 is 25.7. The molecule has 0 amide bonds. The first-order valence-electron chi connectivity index (χ1n) is 3.39. The molecular weight excluding hydrogens is 168 g/mol. The molecule has 11 heavy (non-hydrogen) atoms. The van der Waals surface area contributed by atoms with Crippen LogP contribution >= 0.6 is 0 Å². The Balaban J connectivity index is 2.04. The molecule has 1 saturated heterocycles. The molecule has 0 spiro atoms. The number of rotatable bonds is 4. The number of primary sulfonamides is 1. The van der Waals surface area contributed by atoms with E-state index in [0.717, 1.165) is 0 Å². The van der Waals surface area contributed by atoms with Gasteiger partial charge >= 0.3 is 0 Å². The molecule has 0 aliphatic carbocycles. The van der Waals surface area contributed by atoms with Gasteiger partial charge in [0.15, 0.2) is 0 Å². The predicted molar refractivity (Wildman–Crippen MR) is 40.6 cm³/mol. The van der Waals surface area contributed by atoms with Gasteiger partial charge in [0.2, 0.25) is 10.0 Å². The van der Waals surface area contributed by atoms with Gasteiger partial charge in [-0.2, -0.15) is 0 Å². The molecule has 0 unspecified atom stereocenters. The van der Waals surface area contributed by atoms with E-state index in [1.54, 1.807) is 0 Å². The van der Waals surface area contributed by atoms with Crippen LogP contribution < -0.4 is 10.5 Å². The molecule has 0 aromatic heterocycles. The first-order chi connectivity index (χ1) is 5.08. The largest absolute Gasteiger partial charge is 0.378 e. The average Bonchev–Trinajstić information content (AvgIpc) is 1.73. The highest BCUT2D eigenvalue weighted by molar-refractivity contribution is 7.89. The molecule has 1 rings (SSSR count). The molecule has 6 heteroatoms. The Hall–Kier alpha value is -0.170. The summed E-state index contributed by atoms with van der Waals surface area (Å²) in [6, 6.07) is 0.316. The van der Waals surface area contributed by atoms with Crippen LogP contribution in [-0.4, -0.2) is 40.0 Å². The quantitative estimate of drug-likeness (QED) is 0.538. The van der Waals surface area contributed by atoms with Crippen molar-refractivity contribution in [2.75, 3.05) is 25.5 Å². The number of nitrogens with two attached hydrogens (primary N) is 1. The number of hydrogen-bond acceptors (Lipinski definition) is 4. The third-order valence-electron chi connectivity index (χ3n) is 1.46. The van der Waals surface area contributed by atoms with Gasteiger partial charge in [0.05, 0.1) is 25.0 Å². The summed E-state index contributed by atoms with van der Waals surface area (Å²) in [5.41, 5.74) is 0. The second-order valence-corrected chi connectivity index (χ2v) is 4.29. The van der Waals surface area contributed by atoms with Crippen LogP contribution in [0.2, 0.25) is 0 Å². The molecule has 1 fully saturated rings. The van der Waals surface area contributed by atoms with Gasteiger partial charge in [-0.1, -0.05) is 0 Å². The zero-order valence-corrected chi connectivity index (χ0v) is 6.93. The van der Waals surface area contributed by atoms with Crippen molar-refractivity contribution >= 4 is 10.0 Å². The summed E-state index contributed by atoms with van der Waals surface area (Å²) >= 11 is 0. The summed E-state index contributed by atoms with van der Waals surface area (Å²) in [6.07, 6.45) is 0. The van der Waals surface area contributed by atoms with Gasteiger partial charge in [0.25, 0.3) is 0 Å². The van der Waals surface area contributed by atoms with Gasteiger partial charge in [-0.25, -0.2) is 13.6 Å². The Morgan fingerprint density at radius 1 is 1.55 bits per heavy atom. The lowest BCUT2D eigenvalue weighted by atomic mass is 10.3. The van der Waals surface area contributed by atoms with Crippen LogP contribution in [0.5, 0.6) is 0 Å². The van der Waals surface area contributed by atoms with Gasteiger partial charge in [-0.3, -0.25) is 0 Å². The summed E-state index contributed by atoms with van der Waals surface area (Å²) in [6.45, 7) is 1.75. The normalized spacial score (nSPS) is 19.7. The molecule has 3 N–H and O–H groups in total. The van der Waals surface area contributed by atoms with Crippen LogP contribution in [0.3, 0.4) is 0 Å². The monoisotopic (exact) mass is 180 g/mol. The minimum absolute atomic E-state index is 0.0104. The molecule has 0 atom stereocenters. The topological polar surface area (TPSA) is 81.4 Å². The SMILES string of the molecule is NS(=O)(=O)CCNC1COC1. The Bertz CT molecular complexity index is 210. The third kappa shape index (κ3) is 3.66. The van der Waals surface area contributed by atoms with Crippen molar-refractivity contribution in [3.05, 3.63) is 0 Å². The van der Waals surface area contributed by atoms with Crippen LogP contribution in [0.4, 0.5) is 0 Å². The molecule has 1 aliphatic rings. The highest BCUT2D eigenvalue weighted by Crippen LogP contribution is 1.98. The molecule has 0 radical (unpaired) electrons. The summed E-state index contributed by atoms with van der Waals surface area (Å²) in [4.78, 5) is 0. The molecule has 0 aromatic carbocycles. The number of hydrogen-bond donors (Lipinski definition) is 2. The minimum atomic E-state index is -3.31. The zero-order chi connectivity index (χ0) is 8.32. The fraction of sp³-hybridized carbons (Fsp3) is 1.00. The Labute approximate surface area is 66.0 Å². The van der Waals surface area contributed by atoms with Crippen LogP contribution in [0, 0.1) is 0 Å². The molecule has 5 nitrogen and oxygen atoms in total. The molecule has 0 bridgehead atoms. The maximum absolute atomic E-state index is 10.4. The standard InChI is InChI=1S/C5H12N2O3S/c6-11(8,9)2-1-7-5-3-10-4-5/h5,7H,1-4H2,(H2,6,8,9). The molecule has 1 heterocycles. The van der Waals surface area contributed by atoms with Crippen molar-refractivity contribution < 1.29 is 13.2 Å². The predicted octanol–water partition coefficient (Wildman–Crippen LogP) is -1.74. The van der Waals surface area contributed by atoms with Crippen LogP contribution in [-0.2, 0) is 14.8 Å². The molecular formula is C5H12N2O3S. The van der Waals surface area contributed by atoms with E-state index < -0.39 is 10.0 Å². The van der Waals surface area contributed by atoms with Crippen LogP contribution in [0.15, 0.2) is 0 Å². The third-order valence-corrected chi connectivity index (χ3v) is 2.23. The van der Waals surface area contributed by atoms with Gasteiger partial charge in [0.1, 0.15) is 0 Å². The molecule has 0 saturated carbocycles. The van der Waals surface area contributed by atoms with Crippen LogP contribution in [0.1, 0.15) is 0 Å². The van der Waals surface area contributed by atoms with Crippen LogP contribution in [0.25, 0.3) is 0 Å². The highest BCUT2D eigenvalue weighted by atomic mass is 32.2. The van der Waals surface area contributed by atoms with E-state index in [0.29, 0.717) is 25.8 Å². The average molecular weight is 180 g/mol. The van der Waals surface area contributed by atoms with Crippen molar-refractivity contribution in [3.8, 4) is 0 Å². The number of nitrogens with one attached hydrogen (secondary N) is 1. The highest BCUT2D eigenvalue weighted by Gasteiger charge is 2.17. The van der Waals surface area contributed by atoms with Crippen molar-refractivity contribution in [3.63, 3.8) is 0 Å². The lowest BCUT2D eigenvalue weighted by molar-refractivity contribution is -0.00410.